The Morgan fingerprint density at radius 1 is 1.54 bits per heavy atom. The molecule has 0 radical (unpaired) electrons. The van der Waals surface area contributed by atoms with Crippen molar-refractivity contribution < 1.29 is 4.79 Å². The Hall–Kier alpha value is -0.620. The molecule has 0 saturated heterocycles. The lowest BCUT2D eigenvalue weighted by atomic mass is 10.3. The highest BCUT2D eigenvalue weighted by Gasteiger charge is 2.08. The number of benzene rings is 1. The number of amides is 1. The van der Waals surface area contributed by atoms with Gasteiger partial charge in [-0.3, -0.25) is 4.79 Å². The van der Waals surface area contributed by atoms with Gasteiger partial charge in [0, 0.05) is 3.57 Å². The molecular formula is C9H11IN2O. The number of para-hydroxylation sites is 1. The lowest BCUT2D eigenvalue weighted by Gasteiger charge is -2.08. The molecule has 1 atom stereocenters. The first-order valence-electron chi connectivity index (χ1n) is 3.92. The lowest BCUT2D eigenvalue weighted by molar-refractivity contribution is -0.117. The first-order valence-corrected chi connectivity index (χ1v) is 5.00. The van der Waals surface area contributed by atoms with E-state index in [1.54, 1.807) is 6.92 Å². The van der Waals surface area contributed by atoms with Crippen molar-refractivity contribution in [2.24, 2.45) is 5.73 Å². The number of halogens is 1. The predicted octanol–water partition coefficient (Wildman–Crippen LogP) is 1.58. The Morgan fingerprint density at radius 2 is 2.15 bits per heavy atom. The second kappa shape index (κ2) is 4.57. The highest BCUT2D eigenvalue weighted by atomic mass is 127. The summed E-state index contributed by atoms with van der Waals surface area (Å²) in [7, 11) is 0. The molecule has 70 valence electrons. The van der Waals surface area contributed by atoms with Gasteiger partial charge >= 0.3 is 0 Å². The summed E-state index contributed by atoms with van der Waals surface area (Å²) < 4.78 is 1.01. The molecule has 0 heterocycles. The molecule has 1 rings (SSSR count). The molecule has 0 saturated carbocycles. The van der Waals surface area contributed by atoms with Gasteiger partial charge in [-0.25, -0.2) is 0 Å². The standard InChI is InChI=1S/C9H11IN2O/c1-6(11)9(13)12-8-5-3-2-4-7(8)10/h2-6H,11H2,1H3,(H,12,13). The van der Waals surface area contributed by atoms with Gasteiger partial charge in [0.2, 0.25) is 5.91 Å². The zero-order valence-corrected chi connectivity index (χ0v) is 9.41. The van der Waals surface area contributed by atoms with Crippen LogP contribution in [0, 0.1) is 3.57 Å². The third-order valence-corrected chi connectivity index (χ3v) is 2.49. The van der Waals surface area contributed by atoms with Crippen molar-refractivity contribution in [1.82, 2.24) is 0 Å². The molecule has 0 aliphatic rings. The van der Waals surface area contributed by atoms with Gasteiger partial charge in [0.25, 0.3) is 0 Å². The van der Waals surface area contributed by atoms with E-state index in [0.717, 1.165) is 9.26 Å². The molecule has 0 aliphatic heterocycles. The van der Waals surface area contributed by atoms with E-state index in [2.05, 4.69) is 27.9 Å². The average molecular weight is 290 g/mol. The molecule has 1 amide bonds. The largest absolute Gasteiger partial charge is 0.324 e. The van der Waals surface area contributed by atoms with Crippen molar-refractivity contribution in [3.8, 4) is 0 Å². The Bertz CT molecular complexity index is 312. The lowest BCUT2D eigenvalue weighted by Crippen LogP contribution is -2.32. The molecule has 1 aromatic carbocycles. The summed E-state index contributed by atoms with van der Waals surface area (Å²) in [6.45, 7) is 1.66. The quantitative estimate of drug-likeness (QED) is 0.812. The van der Waals surface area contributed by atoms with Gasteiger partial charge in [-0.05, 0) is 41.6 Å². The van der Waals surface area contributed by atoms with Crippen molar-refractivity contribution >= 4 is 34.2 Å². The summed E-state index contributed by atoms with van der Waals surface area (Å²) in [5.41, 5.74) is 6.23. The summed E-state index contributed by atoms with van der Waals surface area (Å²) in [5.74, 6) is -0.163. The van der Waals surface area contributed by atoms with E-state index in [9.17, 15) is 4.79 Å². The Balaban J connectivity index is 2.75. The van der Waals surface area contributed by atoms with E-state index in [4.69, 9.17) is 5.73 Å². The average Bonchev–Trinajstić information content (AvgIpc) is 2.08. The number of carbonyl (C=O) groups is 1. The molecule has 13 heavy (non-hydrogen) atoms. The van der Waals surface area contributed by atoms with Crippen LogP contribution in [0.5, 0.6) is 0 Å². The highest BCUT2D eigenvalue weighted by molar-refractivity contribution is 14.1. The maximum absolute atomic E-state index is 11.2. The van der Waals surface area contributed by atoms with Crippen LogP contribution in [0.2, 0.25) is 0 Å². The number of carbonyl (C=O) groups excluding carboxylic acids is 1. The van der Waals surface area contributed by atoms with Crippen LogP contribution in [0.15, 0.2) is 24.3 Å². The number of nitrogens with two attached hydrogens (primary N) is 1. The van der Waals surface area contributed by atoms with Gasteiger partial charge in [0.1, 0.15) is 0 Å². The van der Waals surface area contributed by atoms with Crippen LogP contribution in [-0.4, -0.2) is 11.9 Å². The van der Waals surface area contributed by atoms with Crippen molar-refractivity contribution in [2.45, 2.75) is 13.0 Å². The normalized spacial score (nSPS) is 12.2. The maximum atomic E-state index is 11.2. The van der Waals surface area contributed by atoms with Crippen molar-refractivity contribution in [3.63, 3.8) is 0 Å². The van der Waals surface area contributed by atoms with Gasteiger partial charge in [-0.2, -0.15) is 0 Å². The monoisotopic (exact) mass is 290 g/mol. The summed E-state index contributed by atoms with van der Waals surface area (Å²) in [4.78, 5) is 11.2. The Morgan fingerprint density at radius 3 is 2.69 bits per heavy atom. The van der Waals surface area contributed by atoms with E-state index < -0.39 is 6.04 Å². The molecule has 0 aromatic heterocycles. The minimum atomic E-state index is -0.476. The minimum absolute atomic E-state index is 0.163. The van der Waals surface area contributed by atoms with Crippen molar-refractivity contribution in [1.29, 1.82) is 0 Å². The molecule has 4 heteroatoms. The fraction of sp³-hybridized carbons (Fsp3) is 0.222. The second-order valence-electron chi connectivity index (χ2n) is 2.76. The van der Waals surface area contributed by atoms with Gasteiger partial charge < -0.3 is 11.1 Å². The van der Waals surface area contributed by atoms with Crippen molar-refractivity contribution in [3.05, 3.63) is 27.8 Å². The summed E-state index contributed by atoms with van der Waals surface area (Å²) in [6.07, 6.45) is 0. The molecule has 3 nitrogen and oxygen atoms in total. The van der Waals surface area contributed by atoms with Crippen LogP contribution in [-0.2, 0) is 4.79 Å². The van der Waals surface area contributed by atoms with Crippen LogP contribution >= 0.6 is 22.6 Å². The van der Waals surface area contributed by atoms with E-state index in [1.165, 1.54) is 0 Å². The Kier molecular flexibility index (Phi) is 3.68. The van der Waals surface area contributed by atoms with Gasteiger partial charge in [-0.15, -0.1) is 0 Å². The van der Waals surface area contributed by atoms with Gasteiger partial charge in [0.15, 0.2) is 0 Å². The number of rotatable bonds is 2. The minimum Gasteiger partial charge on any atom is -0.324 e. The van der Waals surface area contributed by atoms with Crippen molar-refractivity contribution in [2.75, 3.05) is 5.32 Å². The first kappa shape index (κ1) is 10.5. The highest BCUT2D eigenvalue weighted by Crippen LogP contribution is 2.16. The molecule has 0 aliphatic carbocycles. The SMILES string of the molecule is CC(N)C(=O)Nc1ccccc1I. The molecule has 1 unspecified atom stereocenters. The smallest absolute Gasteiger partial charge is 0.241 e. The fourth-order valence-corrected chi connectivity index (χ4v) is 1.33. The summed E-state index contributed by atoms with van der Waals surface area (Å²) in [6, 6.07) is 7.10. The van der Waals surface area contributed by atoms with E-state index >= 15 is 0 Å². The molecule has 1 aromatic rings. The summed E-state index contributed by atoms with van der Waals surface area (Å²) >= 11 is 2.16. The number of nitrogens with one attached hydrogen (secondary N) is 1. The molecular weight excluding hydrogens is 279 g/mol. The van der Waals surface area contributed by atoms with Crippen LogP contribution in [0.4, 0.5) is 5.69 Å². The van der Waals surface area contributed by atoms with Gasteiger partial charge in [0.05, 0.1) is 11.7 Å². The first-order chi connectivity index (χ1) is 6.11. The summed E-state index contributed by atoms with van der Waals surface area (Å²) in [5, 5.41) is 2.74. The predicted molar refractivity (Wildman–Crippen MR) is 61.4 cm³/mol. The molecule has 0 spiro atoms. The molecule has 3 N–H and O–H groups in total. The number of anilines is 1. The van der Waals surface area contributed by atoms with Crippen LogP contribution in [0.25, 0.3) is 0 Å². The second-order valence-corrected chi connectivity index (χ2v) is 3.92. The topological polar surface area (TPSA) is 55.1 Å². The fourth-order valence-electron chi connectivity index (χ4n) is 0.809. The maximum Gasteiger partial charge on any atom is 0.241 e. The third kappa shape index (κ3) is 2.96. The van der Waals surface area contributed by atoms with E-state index in [0.29, 0.717) is 0 Å². The third-order valence-electron chi connectivity index (χ3n) is 1.55. The number of hydrogen-bond acceptors (Lipinski definition) is 2. The van der Waals surface area contributed by atoms with Crippen LogP contribution in [0.1, 0.15) is 6.92 Å². The molecule has 0 fully saturated rings. The van der Waals surface area contributed by atoms with E-state index in [-0.39, 0.29) is 5.91 Å². The zero-order valence-electron chi connectivity index (χ0n) is 7.25. The van der Waals surface area contributed by atoms with Crippen LogP contribution < -0.4 is 11.1 Å². The van der Waals surface area contributed by atoms with Gasteiger partial charge in [-0.1, -0.05) is 12.1 Å². The van der Waals surface area contributed by atoms with E-state index in [1.807, 2.05) is 24.3 Å². The van der Waals surface area contributed by atoms with Crippen LogP contribution in [0.3, 0.4) is 0 Å². The zero-order chi connectivity index (χ0) is 9.84. The molecule has 0 bridgehead atoms. The number of hydrogen-bond donors (Lipinski definition) is 2. The Labute approximate surface area is 90.8 Å².